The van der Waals surface area contributed by atoms with Crippen molar-refractivity contribution in [2.24, 2.45) is 0 Å². The predicted octanol–water partition coefficient (Wildman–Crippen LogP) is 2.38. The lowest BCUT2D eigenvalue weighted by atomic mass is 10.1. The molecule has 8 heteroatoms. The van der Waals surface area contributed by atoms with Crippen molar-refractivity contribution in [3.8, 4) is 0 Å². The molecule has 1 N–H and O–H groups in total. The predicted molar refractivity (Wildman–Crippen MR) is 87.1 cm³/mol. The molecule has 1 aromatic rings. The van der Waals surface area contributed by atoms with Crippen LogP contribution in [0.2, 0.25) is 0 Å². The number of halogens is 3. The van der Waals surface area contributed by atoms with Gasteiger partial charge in [-0.2, -0.15) is 18.3 Å². The second-order valence-electron chi connectivity index (χ2n) is 7.13. The number of nitrogens with one attached hydrogen (secondary N) is 1. The van der Waals surface area contributed by atoms with Crippen molar-refractivity contribution in [2.45, 2.75) is 63.7 Å². The van der Waals surface area contributed by atoms with Crippen LogP contribution in [0.5, 0.6) is 0 Å². The minimum absolute atomic E-state index is 0.0972. The minimum Gasteiger partial charge on any atom is -0.352 e. The summed E-state index contributed by atoms with van der Waals surface area (Å²) in [7, 11) is 2.04. The van der Waals surface area contributed by atoms with E-state index in [2.05, 4.69) is 15.3 Å². The second-order valence-corrected chi connectivity index (χ2v) is 7.13. The summed E-state index contributed by atoms with van der Waals surface area (Å²) in [6.07, 6.45) is 0.704. The fraction of sp³-hybridized carbons (Fsp3) is 0.765. The van der Waals surface area contributed by atoms with Crippen LogP contribution < -0.4 is 5.32 Å². The van der Waals surface area contributed by atoms with Crippen LogP contribution in [0.25, 0.3) is 0 Å². The van der Waals surface area contributed by atoms with Gasteiger partial charge in [-0.1, -0.05) is 6.42 Å². The highest BCUT2D eigenvalue weighted by molar-refractivity contribution is 5.76. The summed E-state index contributed by atoms with van der Waals surface area (Å²) in [6, 6.07) is 0.0972. The van der Waals surface area contributed by atoms with Gasteiger partial charge in [0.1, 0.15) is 6.54 Å². The van der Waals surface area contributed by atoms with E-state index in [9.17, 15) is 18.0 Å². The number of piperidine rings is 1. The van der Waals surface area contributed by atoms with Gasteiger partial charge in [-0.05, 0) is 58.7 Å². The Bertz CT molecular complexity index is 618. The van der Waals surface area contributed by atoms with E-state index in [1.807, 2.05) is 7.05 Å². The van der Waals surface area contributed by atoms with E-state index >= 15 is 0 Å². The average Bonchev–Trinajstić information content (AvgIpc) is 2.73. The molecule has 1 fully saturated rings. The molecule has 3 rings (SSSR count). The molecule has 1 aliphatic heterocycles. The fourth-order valence-electron chi connectivity index (χ4n) is 3.77. The van der Waals surface area contributed by atoms with E-state index in [0.717, 1.165) is 45.2 Å². The van der Waals surface area contributed by atoms with Gasteiger partial charge in [0.05, 0.1) is 0 Å². The molecule has 1 amide bonds. The molecule has 0 radical (unpaired) electrons. The maximum absolute atomic E-state index is 13.3. The van der Waals surface area contributed by atoms with Crippen LogP contribution in [0.4, 0.5) is 13.2 Å². The number of likely N-dealkylation sites (tertiary alicyclic amines) is 1. The topological polar surface area (TPSA) is 50.2 Å². The van der Waals surface area contributed by atoms with Gasteiger partial charge in [0.25, 0.3) is 0 Å². The molecule has 0 aromatic carbocycles. The molecule has 5 nitrogen and oxygen atoms in total. The first kappa shape index (κ1) is 18.2. The number of hydrogen-bond donors (Lipinski definition) is 1. The molecule has 2 aliphatic rings. The highest BCUT2D eigenvalue weighted by Crippen LogP contribution is 2.35. The second kappa shape index (κ2) is 7.35. The zero-order chi connectivity index (χ0) is 18.0. The highest BCUT2D eigenvalue weighted by atomic mass is 19.4. The van der Waals surface area contributed by atoms with E-state index < -0.39 is 11.9 Å². The first-order valence-electron chi connectivity index (χ1n) is 8.98. The molecule has 1 aliphatic carbocycles. The van der Waals surface area contributed by atoms with Crippen molar-refractivity contribution in [1.29, 1.82) is 0 Å². The molecule has 0 saturated carbocycles. The van der Waals surface area contributed by atoms with Gasteiger partial charge in [-0.25, -0.2) is 0 Å². The van der Waals surface area contributed by atoms with Gasteiger partial charge < -0.3 is 10.2 Å². The molecule has 0 bridgehead atoms. The van der Waals surface area contributed by atoms with E-state index in [1.165, 1.54) is 4.68 Å². The summed E-state index contributed by atoms with van der Waals surface area (Å²) in [5.41, 5.74) is 0.0666. The quantitative estimate of drug-likeness (QED) is 0.844. The van der Waals surface area contributed by atoms with Crippen molar-refractivity contribution < 1.29 is 18.0 Å². The molecule has 2 heterocycles. The van der Waals surface area contributed by atoms with Gasteiger partial charge >= 0.3 is 6.18 Å². The Balaban J connectivity index is 1.73. The molecule has 25 heavy (non-hydrogen) atoms. The van der Waals surface area contributed by atoms with Crippen molar-refractivity contribution in [3.05, 3.63) is 17.0 Å². The number of alkyl halides is 3. The summed E-state index contributed by atoms with van der Waals surface area (Å²) in [5, 5.41) is 6.72. The lowest BCUT2D eigenvalue weighted by Gasteiger charge is -2.29. The standard InChI is InChI=1S/C17H25F3N4O/c1-23-9-7-12(8-10-23)21-15(25)11-24-14-6-4-2-3-5-13(14)16(22-24)17(18,19)20/h12H,2-11H2,1H3,(H,21,25). The normalized spacial score (nSPS) is 20.2. The van der Waals surface area contributed by atoms with Crippen molar-refractivity contribution in [2.75, 3.05) is 20.1 Å². The van der Waals surface area contributed by atoms with Gasteiger partial charge in [-0.15, -0.1) is 0 Å². The number of hydrogen-bond acceptors (Lipinski definition) is 3. The van der Waals surface area contributed by atoms with Crippen LogP contribution in [0.3, 0.4) is 0 Å². The van der Waals surface area contributed by atoms with E-state index in [-0.39, 0.29) is 24.1 Å². The van der Waals surface area contributed by atoms with Crippen LogP contribution in [0.1, 0.15) is 49.1 Å². The summed E-state index contributed by atoms with van der Waals surface area (Å²) in [6.45, 7) is 1.70. The monoisotopic (exact) mass is 358 g/mol. The van der Waals surface area contributed by atoms with Crippen molar-refractivity contribution >= 4 is 5.91 Å². The SMILES string of the molecule is CN1CCC(NC(=O)Cn2nc(C(F)(F)F)c3c2CCCCC3)CC1. The lowest BCUT2D eigenvalue weighted by molar-refractivity contribution is -0.142. The Morgan fingerprint density at radius 2 is 1.88 bits per heavy atom. The zero-order valence-corrected chi connectivity index (χ0v) is 14.5. The molecule has 1 aromatic heterocycles. The van der Waals surface area contributed by atoms with Crippen LogP contribution in [0.15, 0.2) is 0 Å². The molecule has 0 unspecified atom stereocenters. The summed E-state index contributed by atoms with van der Waals surface area (Å²) >= 11 is 0. The third-order valence-corrected chi connectivity index (χ3v) is 5.15. The third-order valence-electron chi connectivity index (χ3n) is 5.15. The van der Waals surface area contributed by atoms with E-state index in [0.29, 0.717) is 18.5 Å². The first-order valence-corrected chi connectivity index (χ1v) is 8.98. The smallest absolute Gasteiger partial charge is 0.352 e. The van der Waals surface area contributed by atoms with Gasteiger partial charge in [0.15, 0.2) is 5.69 Å². The largest absolute Gasteiger partial charge is 0.435 e. The van der Waals surface area contributed by atoms with Gasteiger partial charge in [-0.3, -0.25) is 9.48 Å². The zero-order valence-electron chi connectivity index (χ0n) is 14.5. The summed E-state index contributed by atoms with van der Waals surface area (Å²) < 4.78 is 41.1. The summed E-state index contributed by atoms with van der Waals surface area (Å²) in [4.78, 5) is 14.5. The number of amides is 1. The highest BCUT2D eigenvalue weighted by Gasteiger charge is 2.39. The maximum Gasteiger partial charge on any atom is 0.435 e. The number of aromatic nitrogens is 2. The third kappa shape index (κ3) is 4.34. The Labute approximate surface area is 145 Å². The van der Waals surface area contributed by atoms with E-state index in [1.54, 1.807) is 0 Å². The first-order chi connectivity index (χ1) is 11.8. The molecular weight excluding hydrogens is 333 g/mol. The van der Waals surface area contributed by atoms with Crippen LogP contribution in [-0.4, -0.2) is 46.8 Å². The average molecular weight is 358 g/mol. The lowest BCUT2D eigenvalue weighted by Crippen LogP contribution is -2.44. The van der Waals surface area contributed by atoms with Crippen molar-refractivity contribution in [1.82, 2.24) is 20.0 Å². The van der Waals surface area contributed by atoms with Crippen LogP contribution in [-0.2, 0) is 30.4 Å². The fourth-order valence-corrected chi connectivity index (χ4v) is 3.77. The van der Waals surface area contributed by atoms with Gasteiger partial charge in [0, 0.05) is 17.3 Å². The molecule has 140 valence electrons. The maximum atomic E-state index is 13.3. The number of carbonyl (C=O) groups is 1. The number of nitrogens with zero attached hydrogens (tertiary/aromatic N) is 3. The van der Waals surface area contributed by atoms with Crippen LogP contribution >= 0.6 is 0 Å². The van der Waals surface area contributed by atoms with Crippen molar-refractivity contribution in [3.63, 3.8) is 0 Å². The minimum atomic E-state index is -4.47. The number of fused-ring (bicyclic) bond motifs is 1. The number of rotatable bonds is 3. The Morgan fingerprint density at radius 1 is 1.20 bits per heavy atom. The Kier molecular flexibility index (Phi) is 5.36. The summed E-state index contributed by atoms with van der Waals surface area (Å²) in [5.74, 6) is -0.252. The van der Waals surface area contributed by atoms with Gasteiger partial charge in [0.2, 0.25) is 5.91 Å². The number of carbonyl (C=O) groups excluding carboxylic acids is 1. The molecule has 1 saturated heterocycles. The molecular formula is C17H25F3N4O. The van der Waals surface area contributed by atoms with Crippen LogP contribution in [0, 0.1) is 0 Å². The Morgan fingerprint density at radius 3 is 2.56 bits per heavy atom. The Hall–Kier alpha value is -1.57. The molecule has 0 atom stereocenters. The van der Waals surface area contributed by atoms with E-state index in [4.69, 9.17) is 0 Å². The molecule has 0 spiro atoms.